The van der Waals surface area contributed by atoms with E-state index in [0.717, 1.165) is 32.4 Å². The minimum absolute atomic E-state index is 0.0125. The summed E-state index contributed by atoms with van der Waals surface area (Å²) in [4.78, 5) is 35.2. The fraction of sp³-hybridized carbons (Fsp3) is 0.516. The van der Waals surface area contributed by atoms with Gasteiger partial charge in [0.05, 0.1) is 15.0 Å². The summed E-state index contributed by atoms with van der Waals surface area (Å²) in [6, 6.07) is 11.7. The molecular formula is C31H39IN4O4. The first-order chi connectivity index (χ1) is 18.9. The van der Waals surface area contributed by atoms with Crippen LogP contribution in [0, 0.1) is 9.49 Å². The van der Waals surface area contributed by atoms with Crippen molar-refractivity contribution in [3.8, 4) is 0 Å². The highest BCUT2D eigenvalue weighted by molar-refractivity contribution is 14.1. The fourth-order valence-corrected chi connectivity index (χ4v) is 6.38. The molecule has 2 aliphatic rings. The molecule has 0 unspecified atom stereocenters. The van der Waals surface area contributed by atoms with Crippen molar-refractivity contribution in [2.45, 2.75) is 70.7 Å². The van der Waals surface area contributed by atoms with Crippen LogP contribution in [0.5, 0.6) is 0 Å². The van der Waals surface area contributed by atoms with Crippen molar-refractivity contribution in [3.63, 3.8) is 0 Å². The zero-order valence-corrected chi connectivity index (χ0v) is 26.1. The summed E-state index contributed by atoms with van der Waals surface area (Å²) in [7, 11) is 0. The zero-order valence-electron chi connectivity index (χ0n) is 23.9. The number of ether oxygens (including phenoxy) is 1. The number of carbonyl (C=O) groups is 2. The number of nitrogens with zero attached hydrogens (tertiary/aromatic N) is 3. The number of halogens is 1. The van der Waals surface area contributed by atoms with Gasteiger partial charge in [-0.1, -0.05) is 30.3 Å². The molecule has 4 heterocycles. The van der Waals surface area contributed by atoms with Gasteiger partial charge >= 0.3 is 5.97 Å². The third-order valence-electron chi connectivity index (χ3n) is 7.99. The molecule has 1 N–H and O–H groups in total. The molecule has 2 fully saturated rings. The number of amides is 1. The molecule has 1 amide bonds. The van der Waals surface area contributed by atoms with Gasteiger partial charge < -0.3 is 14.5 Å². The van der Waals surface area contributed by atoms with Gasteiger partial charge in [-0.15, -0.1) is 0 Å². The van der Waals surface area contributed by atoms with E-state index in [0.29, 0.717) is 32.5 Å². The molecule has 8 nitrogen and oxygen atoms in total. The Bertz CT molecular complexity index is 1370. The quantitative estimate of drug-likeness (QED) is 0.290. The van der Waals surface area contributed by atoms with Crippen molar-refractivity contribution < 1.29 is 18.7 Å². The summed E-state index contributed by atoms with van der Waals surface area (Å²) in [5.74, 6) is 0.546. The van der Waals surface area contributed by atoms with E-state index in [1.54, 1.807) is 6.20 Å². The van der Waals surface area contributed by atoms with Gasteiger partial charge in [0.15, 0.2) is 5.58 Å². The number of piperazine rings is 1. The van der Waals surface area contributed by atoms with Gasteiger partial charge in [-0.3, -0.25) is 24.4 Å². The smallest absolute Gasteiger partial charge is 0.309 e. The summed E-state index contributed by atoms with van der Waals surface area (Å²) in [6.07, 6.45) is 4.74. The molecule has 2 aliphatic heterocycles. The van der Waals surface area contributed by atoms with Crippen LogP contribution < -0.4 is 5.32 Å². The Morgan fingerprint density at radius 1 is 1.12 bits per heavy atom. The van der Waals surface area contributed by atoms with Crippen LogP contribution in [0.3, 0.4) is 0 Å². The van der Waals surface area contributed by atoms with Gasteiger partial charge in [-0.05, 0) is 81.7 Å². The van der Waals surface area contributed by atoms with E-state index in [9.17, 15) is 9.59 Å². The second-order valence-electron chi connectivity index (χ2n) is 12.6. The number of esters is 1. The number of pyridine rings is 1. The van der Waals surface area contributed by atoms with Crippen molar-refractivity contribution >= 4 is 45.4 Å². The molecular weight excluding hydrogens is 619 g/mol. The monoisotopic (exact) mass is 658 g/mol. The Morgan fingerprint density at radius 3 is 2.58 bits per heavy atom. The van der Waals surface area contributed by atoms with Crippen molar-refractivity contribution in [3.05, 3.63) is 63.7 Å². The SMILES string of the molecule is CC(C)(C)NC(=O)[C@@H]1CN(C(C)(C)c2cc3cncc(I)c3o2)CCN1C[C@@H]1C[C@@H](Cc2ccccc2)C(=O)O1. The van der Waals surface area contributed by atoms with Crippen LogP contribution in [-0.4, -0.2) is 70.5 Å². The van der Waals surface area contributed by atoms with Gasteiger partial charge in [-0.2, -0.15) is 0 Å². The van der Waals surface area contributed by atoms with Crippen molar-refractivity contribution in [1.29, 1.82) is 0 Å². The second kappa shape index (κ2) is 11.4. The van der Waals surface area contributed by atoms with Crippen LogP contribution in [0.1, 0.15) is 52.4 Å². The average Bonchev–Trinajstić information content (AvgIpc) is 3.48. The lowest BCUT2D eigenvalue weighted by Crippen LogP contribution is -2.64. The van der Waals surface area contributed by atoms with E-state index in [-0.39, 0.29) is 35.5 Å². The Morgan fingerprint density at radius 2 is 1.88 bits per heavy atom. The highest BCUT2D eigenvalue weighted by atomic mass is 127. The lowest BCUT2D eigenvalue weighted by atomic mass is 9.94. The minimum atomic E-state index is -0.435. The summed E-state index contributed by atoms with van der Waals surface area (Å²) in [5.41, 5.74) is 1.19. The Kier molecular flexibility index (Phi) is 8.27. The first kappa shape index (κ1) is 29.0. The van der Waals surface area contributed by atoms with Crippen LogP contribution >= 0.6 is 22.6 Å². The molecule has 0 bridgehead atoms. The molecule has 40 heavy (non-hydrogen) atoms. The third-order valence-corrected chi connectivity index (χ3v) is 8.76. The molecule has 214 valence electrons. The summed E-state index contributed by atoms with van der Waals surface area (Å²) < 4.78 is 13.2. The maximum atomic E-state index is 13.6. The van der Waals surface area contributed by atoms with E-state index in [4.69, 9.17) is 9.15 Å². The van der Waals surface area contributed by atoms with Crippen LogP contribution in [-0.2, 0) is 26.3 Å². The number of benzene rings is 1. The Labute approximate surface area is 250 Å². The molecule has 3 atom stereocenters. The largest absolute Gasteiger partial charge is 0.461 e. The number of hydrogen-bond acceptors (Lipinski definition) is 7. The topological polar surface area (TPSA) is 87.9 Å². The van der Waals surface area contributed by atoms with E-state index >= 15 is 0 Å². The summed E-state index contributed by atoms with van der Waals surface area (Å²) in [6.45, 7) is 12.8. The van der Waals surface area contributed by atoms with Crippen LogP contribution in [0.2, 0.25) is 0 Å². The maximum Gasteiger partial charge on any atom is 0.309 e. The van der Waals surface area contributed by atoms with Gasteiger partial charge in [0.1, 0.15) is 17.9 Å². The summed E-state index contributed by atoms with van der Waals surface area (Å²) >= 11 is 2.25. The first-order valence-electron chi connectivity index (χ1n) is 14.0. The van der Waals surface area contributed by atoms with Gasteiger partial charge in [0.2, 0.25) is 5.91 Å². The standard InChI is InChI=1S/C31H39IN4O4/c1-30(2,3)34-28(37)25-19-36(31(4,5)26-15-22-16-33-17-24(32)27(22)40-26)12-11-35(25)18-23-14-21(29(38)39-23)13-20-9-7-6-8-10-20/h6-10,15-17,21,23,25H,11-14,18-19H2,1-5H3,(H,34,37)/t21-,23+,25+/m1/s1. The number of cyclic esters (lactones) is 1. The second-order valence-corrected chi connectivity index (χ2v) is 13.7. The maximum absolute atomic E-state index is 13.6. The van der Waals surface area contributed by atoms with Gasteiger partial charge in [0, 0.05) is 49.5 Å². The normalized spacial score (nSPS) is 22.9. The van der Waals surface area contributed by atoms with E-state index < -0.39 is 5.54 Å². The molecule has 0 spiro atoms. The number of fused-ring (bicyclic) bond motifs is 1. The van der Waals surface area contributed by atoms with E-state index in [2.05, 4.69) is 62.6 Å². The Hall–Kier alpha value is -2.50. The molecule has 2 saturated heterocycles. The minimum Gasteiger partial charge on any atom is -0.461 e. The lowest BCUT2D eigenvalue weighted by molar-refractivity contribution is -0.145. The van der Waals surface area contributed by atoms with Crippen LogP contribution in [0.25, 0.3) is 11.0 Å². The molecule has 1 aromatic carbocycles. The van der Waals surface area contributed by atoms with Crippen molar-refractivity contribution in [1.82, 2.24) is 20.1 Å². The van der Waals surface area contributed by atoms with Crippen LogP contribution in [0.15, 0.2) is 53.2 Å². The van der Waals surface area contributed by atoms with Crippen molar-refractivity contribution in [2.24, 2.45) is 5.92 Å². The number of rotatable bonds is 7. The van der Waals surface area contributed by atoms with E-state index in [1.165, 1.54) is 0 Å². The van der Waals surface area contributed by atoms with Crippen molar-refractivity contribution in [2.75, 3.05) is 26.2 Å². The number of carbonyl (C=O) groups excluding carboxylic acids is 2. The molecule has 0 saturated carbocycles. The third kappa shape index (κ3) is 6.36. The van der Waals surface area contributed by atoms with E-state index in [1.807, 2.05) is 57.3 Å². The zero-order chi connectivity index (χ0) is 28.7. The highest BCUT2D eigenvalue weighted by Crippen LogP contribution is 2.35. The number of hydrogen-bond donors (Lipinski definition) is 1. The predicted molar refractivity (Wildman–Crippen MR) is 163 cm³/mol. The molecule has 9 heteroatoms. The number of nitrogens with one attached hydrogen (secondary N) is 1. The van der Waals surface area contributed by atoms with Gasteiger partial charge in [0.25, 0.3) is 0 Å². The number of furan rings is 1. The fourth-order valence-electron chi connectivity index (χ4n) is 5.80. The predicted octanol–water partition coefficient (Wildman–Crippen LogP) is 4.74. The molecule has 3 aromatic rings. The number of aromatic nitrogens is 1. The lowest BCUT2D eigenvalue weighted by Gasteiger charge is -2.47. The molecule has 0 radical (unpaired) electrons. The van der Waals surface area contributed by atoms with Gasteiger partial charge in [-0.25, -0.2) is 0 Å². The summed E-state index contributed by atoms with van der Waals surface area (Å²) in [5, 5.41) is 4.16. The Balaban J connectivity index is 1.32. The molecule has 2 aromatic heterocycles. The molecule has 0 aliphatic carbocycles. The average molecular weight is 659 g/mol. The molecule has 5 rings (SSSR count). The van der Waals surface area contributed by atoms with Crippen LogP contribution in [0.4, 0.5) is 0 Å². The highest BCUT2D eigenvalue weighted by Gasteiger charge is 2.43. The first-order valence-corrected chi connectivity index (χ1v) is 15.1.